The largest absolute Gasteiger partial charge is 0.508 e. The Hall–Kier alpha value is -17.1. The van der Waals surface area contributed by atoms with Gasteiger partial charge in [0.25, 0.3) is 0 Å². The molecule has 0 spiro atoms. The van der Waals surface area contributed by atoms with Crippen molar-refractivity contribution in [1.29, 1.82) is 0 Å². The van der Waals surface area contributed by atoms with Crippen LogP contribution in [0.1, 0.15) is 122 Å². The first-order valence-electron chi connectivity index (χ1n) is 45.3. The molecule has 3 aliphatic heterocycles. The van der Waals surface area contributed by atoms with Crippen LogP contribution in [0.3, 0.4) is 0 Å². The van der Waals surface area contributed by atoms with Gasteiger partial charge in [-0.1, -0.05) is 134 Å². The summed E-state index contributed by atoms with van der Waals surface area (Å²) in [6.45, 7) is 4.72. The molecule has 33 heteroatoms. The maximum Gasteiger partial charge on any atom is 0.231 e. The fourth-order valence-electron chi connectivity index (χ4n) is 14.0. The number of rotatable bonds is 41. The van der Waals surface area contributed by atoms with Crippen molar-refractivity contribution in [2.24, 2.45) is 10.8 Å². The Morgan fingerprint density at radius 1 is 0.404 bits per heavy atom. The predicted molar refractivity (Wildman–Crippen MR) is 562 cm³/mol. The first-order chi connectivity index (χ1) is 70.5. The van der Waals surface area contributed by atoms with E-state index in [9.17, 15) is 74.4 Å². The van der Waals surface area contributed by atoms with Crippen LogP contribution in [0.2, 0.25) is 0 Å². The van der Waals surface area contributed by atoms with Gasteiger partial charge in [-0.3, -0.25) is 39.0 Å². The average molecular weight is 2010 g/mol. The van der Waals surface area contributed by atoms with Crippen LogP contribution in [0.5, 0.6) is 86.2 Å². The number of methoxy groups -OCH3 is 7. The van der Waals surface area contributed by atoms with Crippen molar-refractivity contribution in [3.8, 4) is 86.2 Å². The predicted octanol–water partition coefficient (Wildman–Crippen LogP) is 15.7. The quantitative estimate of drug-likeness (QED) is 0.00423. The number of phenolic OH excluding ortho intramolecular Hbond substituents is 2. The maximum absolute atomic E-state index is 12.4. The molecule has 10 aromatic carbocycles. The Labute approximate surface area is 849 Å². The van der Waals surface area contributed by atoms with Crippen LogP contribution in [-0.2, 0) is 66.6 Å². The minimum absolute atomic E-state index is 0.0233. The van der Waals surface area contributed by atoms with E-state index < -0.39 is 0 Å². The summed E-state index contributed by atoms with van der Waals surface area (Å²) in [7, 11) is 10.5. The molecule has 0 bridgehead atoms. The number of allylic oxidation sites excluding steroid dienone is 11. The van der Waals surface area contributed by atoms with Crippen LogP contribution in [-0.4, -0.2) is 174 Å². The number of carbonyl (C=O) groups is 7. The van der Waals surface area contributed by atoms with Gasteiger partial charge in [0.05, 0.1) is 108 Å². The molecule has 0 radical (unpaired) electrons. The summed E-state index contributed by atoms with van der Waals surface area (Å²) in [4.78, 5) is 84.7. The molecule has 14 N–H and O–H groups in total. The molecule has 0 saturated carbocycles. The number of aromatic hydroxyl groups is 4. The van der Waals surface area contributed by atoms with Gasteiger partial charge in [0.1, 0.15) is 23.0 Å². The van der Waals surface area contributed by atoms with Gasteiger partial charge in [0, 0.05) is 60.4 Å². The van der Waals surface area contributed by atoms with Crippen molar-refractivity contribution in [3.63, 3.8) is 0 Å². The molecule has 3 heterocycles. The number of ketones is 7. The van der Waals surface area contributed by atoms with Crippen LogP contribution in [0.15, 0.2) is 266 Å². The van der Waals surface area contributed by atoms with E-state index in [4.69, 9.17) is 75.2 Å². The first kappa shape index (κ1) is 113. The fourth-order valence-corrected chi connectivity index (χ4v) is 14.1. The molecular formula is C113H115N5O27S. The lowest BCUT2D eigenvalue weighted by atomic mass is 10.0. The number of aliphatic hydroxyl groups excluding tert-OH is 5. The number of aliphatic hydroxyl groups is 5. The monoisotopic (exact) mass is 2010 g/mol. The van der Waals surface area contributed by atoms with Gasteiger partial charge in [-0.05, 0) is 248 Å². The molecule has 0 aliphatic carbocycles. The van der Waals surface area contributed by atoms with E-state index >= 15 is 0 Å². The minimum Gasteiger partial charge on any atom is -0.508 e. The zero-order valence-electron chi connectivity index (χ0n) is 81.3. The third-order valence-corrected chi connectivity index (χ3v) is 21.6. The number of hydrogen-bond donors (Lipinski definition) is 13. The molecule has 3 aliphatic rings. The highest BCUT2D eigenvalue weighted by Crippen LogP contribution is 2.40. The van der Waals surface area contributed by atoms with Crippen molar-refractivity contribution < 1.29 is 132 Å². The van der Waals surface area contributed by atoms with E-state index in [1.165, 1.54) is 103 Å². The van der Waals surface area contributed by atoms with Crippen molar-refractivity contribution in [1.82, 2.24) is 16.1 Å². The number of nitrogens with one attached hydrogen (secondary N) is 3. The number of phenols is 4. The van der Waals surface area contributed by atoms with Gasteiger partial charge in [-0.2, -0.15) is 5.10 Å². The SMILES string of the molecule is C=C(/C=C/c1ccc(O)c(CO)c1)CC(/C=C/c1ccc(O)c(OC)c1)=N/NC(N)=S.COc1cc(/C=C/C(=O)CC(=O)/C=C/c2cc(OC)c(OC)c(OC)c2)cc(CO)c1CO.COc1cc(C2C/C(=C/C(=O)/C=C/c3ccc(O)c(CO)c3)NCCN2)ccc1O.COc1cccc(/C=C/C(=O)CC(=O)/C=C/c2cccc(CO)c2)c1.O=C(/C=C/c1ccc2c(c1)OCO2)CC(=O)/C=C/c1ccc2c(c1)OCO2. The van der Waals surface area contributed by atoms with Crippen molar-refractivity contribution in [2.45, 2.75) is 71.2 Å². The lowest BCUT2D eigenvalue weighted by Gasteiger charge is -2.17. The number of nitrogens with zero attached hydrogens (tertiary/aromatic N) is 1. The number of fused-ring (bicyclic) bond motifs is 2. The second-order valence-corrected chi connectivity index (χ2v) is 32.4. The Morgan fingerprint density at radius 3 is 1.30 bits per heavy atom. The summed E-state index contributed by atoms with van der Waals surface area (Å²) >= 11 is 4.82. The fraction of sp³-hybridized carbons (Fsp3) is 0.195. The molecule has 10 aromatic rings. The van der Waals surface area contributed by atoms with Gasteiger partial charge >= 0.3 is 0 Å². The van der Waals surface area contributed by atoms with E-state index in [0.29, 0.717) is 127 Å². The lowest BCUT2D eigenvalue weighted by Crippen LogP contribution is -2.25. The summed E-state index contributed by atoms with van der Waals surface area (Å²) in [5.74, 6) is 4.11. The number of carbonyl (C=O) groups excluding carboxylic acids is 7. The molecule has 760 valence electrons. The average Bonchev–Trinajstić information content (AvgIpc) is 1.38. The number of ether oxygens (including phenoxy) is 11. The Balaban J connectivity index is 0.000000204. The number of thiocarbonyl (C=S) groups is 1. The topological polar surface area (TPSA) is 478 Å². The molecule has 1 unspecified atom stereocenters. The van der Waals surface area contributed by atoms with Crippen LogP contribution in [0.4, 0.5) is 0 Å². The van der Waals surface area contributed by atoms with Crippen molar-refractivity contribution in [3.05, 3.63) is 344 Å². The zero-order chi connectivity index (χ0) is 105. The molecule has 1 saturated heterocycles. The van der Waals surface area contributed by atoms with Crippen LogP contribution < -0.4 is 73.9 Å². The minimum atomic E-state index is -0.384. The van der Waals surface area contributed by atoms with Crippen molar-refractivity contribution >= 4 is 118 Å². The third-order valence-electron chi connectivity index (χ3n) is 21.5. The smallest absolute Gasteiger partial charge is 0.231 e. The number of nitrogens with two attached hydrogens (primary N) is 1. The molecule has 146 heavy (non-hydrogen) atoms. The highest BCUT2D eigenvalue weighted by molar-refractivity contribution is 7.80. The number of hydrogen-bond acceptors (Lipinski definition) is 31. The maximum atomic E-state index is 12.4. The molecule has 1 atom stereocenters. The van der Waals surface area contributed by atoms with E-state index in [-0.39, 0.29) is 141 Å². The van der Waals surface area contributed by atoms with Crippen LogP contribution in [0.25, 0.3) is 54.7 Å². The van der Waals surface area contributed by atoms with Gasteiger partial charge in [0.2, 0.25) is 19.3 Å². The Bertz CT molecular complexity index is 6380. The van der Waals surface area contributed by atoms with Crippen LogP contribution in [0, 0.1) is 0 Å². The molecule has 32 nitrogen and oxygen atoms in total. The van der Waals surface area contributed by atoms with Crippen molar-refractivity contribution in [2.75, 3.05) is 76.4 Å². The standard InChI is InChI=1S/C25H28O8.C23H25N3O4S.C23H26N2O5.C21H16O6.C21H20O4/c1-30-22-10-16(9-18(14-26)21(22)15-27)5-7-19(28)13-20(29)8-6-17-11-23(31-2)25(33-4)24(12-17)32-3;1-15(3-4-16-6-9-20(28)18(12-16)14-27)11-19(25-26-23(24)31)8-5-17-7-10-21(29)22(13-17)30-2;1-30-23-11-16(4-7-22(23)29)20-13-18(24-8-9-25-20)12-19(27)5-2-15-3-6-21(28)17(10-15)14-26;22-16(5-1-14-3-7-18-20(9-14)26-12-24-18)11-17(23)6-2-15-4-8-19-21(10-15)27-13-25-19;1-25-21-7-3-5-17(13-21)9-11-20(24)14-19(23)10-8-16-4-2-6-18(12-16)15-22/h5-12,26-27H,13-15H2,1-4H3;3-10,12-13,27-29H,1,11,14H2,2H3,(H3,24,26,31);2-7,10-12,20,24-26,28-29H,8-9,13-14H2,1H3;1-10H,11-13H2;2-13,22H,14-15H2,1H3/b7-5+,8-6+;4-3+,8-5+,25-19+;5-2+,18-12-;5-1+,6-2+;10-8+,11-9+. The van der Waals surface area contributed by atoms with E-state index in [1.54, 1.807) is 183 Å². The summed E-state index contributed by atoms with van der Waals surface area (Å²) in [6, 6.07) is 51.9. The zero-order valence-corrected chi connectivity index (χ0v) is 82.1. The highest BCUT2D eigenvalue weighted by atomic mass is 32.1. The van der Waals surface area contributed by atoms with Gasteiger partial charge in [-0.25, -0.2) is 0 Å². The van der Waals surface area contributed by atoms with E-state index in [0.717, 1.165) is 62.3 Å². The summed E-state index contributed by atoms with van der Waals surface area (Å²) in [6.07, 6.45) is 30.1. The second kappa shape index (κ2) is 59.0. The summed E-state index contributed by atoms with van der Waals surface area (Å²) in [5, 5.41) is 96.3. The molecule has 1 fully saturated rings. The van der Waals surface area contributed by atoms with E-state index in [2.05, 4.69) is 27.7 Å². The molecular weight excluding hydrogens is 1890 g/mol. The summed E-state index contributed by atoms with van der Waals surface area (Å²) in [5.41, 5.74) is 20.6. The Kier molecular flexibility index (Phi) is 45.5. The van der Waals surface area contributed by atoms with E-state index in [1.807, 2.05) is 60.7 Å². The lowest BCUT2D eigenvalue weighted by molar-refractivity contribution is -0.123. The van der Waals surface area contributed by atoms with Crippen LogP contribution >= 0.6 is 12.2 Å². The van der Waals surface area contributed by atoms with Gasteiger partial charge in [-0.15, -0.1) is 0 Å². The first-order valence-corrected chi connectivity index (χ1v) is 45.7. The third kappa shape index (κ3) is 36.8. The van der Waals surface area contributed by atoms with Gasteiger partial charge < -0.3 is 114 Å². The molecule has 0 aromatic heterocycles. The second-order valence-electron chi connectivity index (χ2n) is 31.9. The Morgan fingerprint density at radius 2 is 0.815 bits per heavy atom. The summed E-state index contributed by atoms with van der Waals surface area (Å²) < 4.78 is 57.6. The normalized spacial score (nSPS) is 13.3. The number of hydrazone groups is 1. The highest BCUT2D eigenvalue weighted by Gasteiger charge is 2.22. The number of benzene rings is 10. The van der Waals surface area contributed by atoms with Gasteiger partial charge in [0.15, 0.2) is 103 Å². The molecule has 0 amide bonds. The molecule has 13 rings (SSSR count).